The minimum Gasteiger partial charge on any atom is -0.457 e. The van der Waals surface area contributed by atoms with Crippen molar-refractivity contribution >= 4 is 0 Å². The molecule has 0 heterocycles. The second kappa shape index (κ2) is 6.31. The van der Waals surface area contributed by atoms with E-state index in [-0.39, 0.29) is 11.5 Å². The number of benzene rings is 2. The van der Waals surface area contributed by atoms with Crippen LogP contribution in [0.3, 0.4) is 0 Å². The molecule has 112 valence electrons. The van der Waals surface area contributed by atoms with E-state index in [9.17, 15) is 0 Å². The van der Waals surface area contributed by atoms with Crippen LogP contribution < -0.4 is 10.5 Å². The zero-order chi connectivity index (χ0) is 15.5. The molecule has 2 nitrogen and oxygen atoms in total. The Morgan fingerprint density at radius 3 is 2.19 bits per heavy atom. The van der Waals surface area contributed by atoms with Gasteiger partial charge in [-0.3, -0.25) is 0 Å². The molecule has 0 saturated carbocycles. The van der Waals surface area contributed by atoms with Crippen molar-refractivity contribution in [1.29, 1.82) is 0 Å². The smallest absolute Gasteiger partial charge is 0.132 e. The van der Waals surface area contributed by atoms with E-state index in [1.807, 2.05) is 36.4 Å². The van der Waals surface area contributed by atoms with Crippen LogP contribution in [0, 0.1) is 0 Å². The van der Waals surface area contributed by atoms with Gasteiger partial charge in [-0.25, -0.2) is 0 Å². The van der Waals surface area contributed by atoms with Crippen LogP contribution in [-0.2, 0) is 5.41 Å². The Labute approximate surface area is 127 Å². The summed E-state index contributed by atoms with van der Waals surface area (Å²) in [5, 5.41) is 0. The monoisotopic (exact) mass is 283 g/mol. The molecule has 0 bridgehead atoms. The summed E-state index contributed by atoms with van der Waals surface area (Å²) >= 11 is 0. The zero-order valence-corrected chi connectivity index (χ0v) is 13.4. The van der Waals surface area contributed by atoms with Gasteiger partial charge in [0, 0.05) is 11.6 Å². The highest BCUT2D eigenvalue weighted by Gasteiger charge is 2.14. The van der Waals surface area contributed by atoms with Crippen LogP contribution in [0.2, 0.25) is 0 Å². The Kier molecular flexibility index (Phi) is 4.69. The fraction of sp³-hybridized carbons (Fsp3) is 0.368. The maximum absolute atomic E-state index is 6.15. The second-order valence-electron chi connectivity index (χ2n) is 6.43. The fourth-order valence-electron chi connectivity index (χ4n) is 2.25. The summed E-state index contributed by atoms with van der Waals surface area (Å²) in [6.07, 6.45) is 0.892. The van der Waals surface area contributed by atoms with E-state index in [0.29, 0.717) is 0 Å². The van der Waals surface area contributed by atoms with Crippen molar-refractivity contribution in [3.63, 3.8) is 0 Å². The summed E-state index contributed by atoms with van der Waals surface area (Å²) in [5.74, 6) is 1.69. The standard InChI is InChI=1S/C19H25NO/c1-5-17(20)16-8-6-7-9-18(16)21-15-12-10-14(11-13-15)19(2,3)4/h6-13,17H,5,20H2,1-4H3/t17-/m1/s1. The van der Waals surface area contributed by atoms with E-state index < -0.39 is 0 Å². The van der Waals surface area contributed by atoms with Crippen molar-refractivity contribution < 1.29 is 4.74 Å². The molecule has 0 spiro atoms. The van der Waals surface area contributed by atoms with Gasteiger partial charge in [0.1, 0.15) is 11.5 Å². The van der Waals surface area contributed by atoms with E-state index in [4.69, 9.17) is 10.5 Å². The Balaban J connectivity index is 2.23. The van der Waals surface area contributed by atoms with Crippen LogP contribution >= 0.6 is 0 Å². The molecule has 0 aliphatic heterocycles. The normalized spacial score (nSPS) is 13.0. The van der Waals surface area contributed by atoms with E-state index >= 15 is 0 Å². The third-order valence-electron chi connectivity index (χ3n) is 3.71. The number of ether oxygens (including phenoxy) is 1. The summed E-state index contributed by atoms with van der Waals surface area (Å²) in [6.45, 7) is 8.70. The van der Waals surface area contributed by atoms with Gasteiger partial charge in [-0.05, 0) is 35.6 Å². The molecule has 0 aromatic heterocycles. The molecule has 2 aromatic rings. The van der Waals surface area contributed by atoms with Crippen LogP contribution in [0.4, 0.5) is 0 Å². The molecular formula is C19H25NO. The highest BCUT2D eigenvalue weighted by molar-refractivity contribution is 5.40. The lowest BCUT2D eigenvalue weighted by atomic mass is 9.87. The van der Waals surface area contributed by atoms with Crippen LogP contribution in [0.15, 0.2) is 48.5 Å². The molecule has 0 aliphatic rings. The van der Waals surface area contributed by atoms with Gasteiger partial charge in [0.05, 0.1) is 0 Å². The molecule has 0 amide bonds. The summed E-state index contributed by atoms with van der Waals surface area (Å²) in [4.78, 5) is 0. The molecule has 2 N–H and O–H groups in total. The summed E-state index contributed by atoms with van der Waals surface area (Å²) in [5.41, 5.74) is 8.66. The molecule has 0 aliphatic carbocycles. The van der Waals surface area contributed by atoms with Crippen molar-refractivity contribution in [2.45, 2.75) is 45.6 Å². The molecule has 2 heteroatoms. The average molecular weight is 283 g/mol. The topological polar surface area (TPSA) is 35.2 Å². The first-order chi connectivity index (χ1) is 9.91. The summed E-state index contributed by atoms with van der Waals surface area (Å²) in [6, 6.07) is 16.3. The first-order valence-electron chi connectivity index (χ1n) is 7.54. The molecule has 2 aromatic carbocycles. The van der Waals surface area contributed by atoms with Gasteiger partial charge in [-0.15, -0.1) is 0 Å². The Morgan fingerprint density at radius 1 is 1.00 bits per heavy atom. The molecule has 0 unspecified atom stereocenters. The fourth-order valence-corrected chi connectivity index (χ4v) is 2.25. The van der Waals surface area contributed by atoms with Gasteiger partial charge < -0.3 is 10.5 Å². The van der Waals surface area contributed by atoms with E-state index in [0.717, 1.165) is 23.5 Å². The Hall–Kier alpha value is -1.80. The van der Waals surface area contributed by atoms with Crippen LogP contribution in [-0.4, -0.2) is 0 Å². The quantitative estimate of drug-likeness (QED) is 0.838. The minimum atomic E-state index is 0.00930. The predicted octanol–water partition coefficient (Wildman–Crippen LogP) is 5.19. The van der Waals surface area contributed by atoms with Gasteiger partial charge >= 0.3 is 0 Å². The SMILES string of the molecule is CC[C@@H](N)c1ccccc1Oc1ccc(C(C)(C)C)cc1. The maximum Gasteiger partial charge on any atom is 0.132 e. The van der Waals surface area contributed by atoms with Crippen molar-refractivity contribution in [3.05, 3.63) is 59.7 Å². The zero-order valence-electron chi connectivity index (χ0n) is 13.4. The van der Waals surface area contributed by atoms with Gasteiger partial charge in [0.15, 0.2) is 0 Å². The van der Waals surface area contributed by atoms with Gasteiger partial charge in [-0.1, -0.05) is 58.0 Å². The molecular weight excluding hydrogens is 258 g/mol. The Bertz CT molecular complexity index is 581. The number of rotatable bonds is 4. The lowest BCUT2D eigenvalue weighted by Gasteiger charge is -2.20. The van der Waals surface area contributed by atoms with E-state index in [1.165, 1.54) is 5.56 Å². The highest BCUT2D eigenvalue weighted by atomic mass is 16.5. The lowest BCUT2D eigenvalue weighted by Crippen LogP contribution is -2.11. The van der Waals surface area contributed by atoms with Gasteiger partial charge in [0.2, 0.25) is 0 Å². The van der Waals surface area contributed by atoms with Crippen LogP contribution in [0.5, 0.6) is 11.5 Å². The molecule has 1 atom stereocenters. The van der Waals surface area contributed by atoms with Crippen LogP contribution in [0.25, 0.3) is 0 Å². The van der Waals surface area contributed by atoms with Crippen molar-refractivity contribution in [2.75, 3.05) is 0 Å². The average Bonchev–Trinajstić information content (AvgIpc) is 2.46. The molecule has 0 saturated heterocycles. The van der Waals surface area contributed by atoms with Crippen LogP contribution in [0.1, 0.15) is 51.3 Å². The molecule has 21 heavy (non-hydrogen) atoms. The number of hydrogen-bond acceptors (Lipinski definition) is 2. The highest BCUT2D eigenvalue weighted by Crippen LogP contribution is 2.31. The van der Waals surface area contributed by atoms with Gasteiger partial charge in [0.25, 0.3) is 0 Å². The third-order valence-corrected chi connectivity index (χ3v) is 3.71. The molecule has 2 rings (SSSR count). The molecule has 0 fully saturated rings. The summed E-state index contributed by atoms with van der Waals surface area (Å²) in [7, 11) is 0. The lowest BCUT2D eigenvalue weighted by molar-refractivity contribution is 0.467. The predicted molar refractivity (Wildman–Crippen MR) is 88.9 cm³/mol. The minimum absolute atomic E-state index is 0.00930. The van der Waals surface area contributed by atoms with Crippen molar-refractivity contribution in [1.82, 2.24) is 0 Å². The number of nitrogens with two attached hydrogens (primary N) is 1. The summed E-state index contributed by atoms with van der Waals surface area (Å²) < 4.78 is 6.02. The largest absolute Gasteiger partial charge is 0.457 e. The van der Waals surface area contributed by atoms with E-state index in [2.05, 4.69) is 39.8 Å². The number of para-hydroxylation sites is 1. The van der Waals surface area contributed by atoms with Gasteiger partial charge in [-0.2, -0.15) is 0 Å². The second-order valence-corrected chi connectivity index (χ2v) is 6.43. The third kappa shape index (κ3) is 3.85. The molecule has 0 radical (unpaired) electrons. The first kappa shape index (κ1) is 15.6. The van der Waals surface area contributed by atoms with E-state index in [1.54, 1.807) is 0 Å². The first-order valence-corrected chi connectivity index (χ1v) is 7.54. The Morgan fingerprint density at radius 2 is 1.62 bits per heavy atom. The van der Waals surface area contributed by atoms with Crippen molar-refractivity contribution in [3.8, 4) is 11.5 Å². The number of hydrogen-bond donors (Lipinski definition) is 1. The maximum atomic E-state index is 6.15. The van der Waals surface area contributed by atoms with Crippen molar-refractivity contribution in [2.24, 2.45) is 5.73 Å².